The van der Waals surface area contributed by atoms with E-state index in [1.807, 2.05) is 17.0 Å². The number of hydrogen-bond donors (Lipinski definition) is 3. The molecule has 3 rings (SSSR count). The van der Waals surface area contributed by atoms with Gasteiger partial charge in [-0.25, -0.2) is 4.79 Å². The average Bonchev–Trinajstić information content (AvgIpc) is 2.68. The molecule has 1 aliphatic carbocycles. The Kier molecular flexibility index (Phi) is 5.98. The van der Waals surface area contributed by atoms with Gasteiger partial charge in [-0.15, -0.1) is 0 Å². The molecule has 0 radical (unpaired) electrons. The molecule has 0 bridgehead atoms. The molecule has 0 atom stereocenters. The van der Waals surface area contributed by atoms with Gasteiger partial charge >= 0.3 is 12.0 Å². The molecule has 142 valence electrons. The first-order valence-electron chi connectivity index (χ1n) is 9.39. The minimum absolute atomic E-state index is 0.0260. The van der Waals surface area contributed by atoms with Crippen molar-refractivity contribution in [3.63, 3.8) is 0 Å². The first-order valence-corrected chi connectivity index (χ1v) is 9.39. The molecule has 1 aromatic carbocycles. The maximum absolute atomic E-state index is 12.5. The van der Waals surface area contributed by atoms with Crippen molar-refractivity contribution >= 4 is 17.7 Å². The van der Waals surface area contributed by atoms with Crippen LogP contribution in [-0.4, -0.2) is 54.2 Å². The fourth-order valence-electron chi connectivity index (χ4n) is 3.76. The number of benzene rings is 1. The van der Waals surface area contributed by atoms with Crippen molar-refractivity contribution in [2.45, 2.75) is 38.3 Å². The molecular weight excluding hydrogens is 332 g/mol. The Morgan fingerprint density at radius 3 is 2.19 bits per heavy atom. The summed E-state index contributed by atoms with van der Waals surface area (Å²) in [6.45, 7) is 3.54. The third-order valence-corrected chi connectivity index (χ3v) is 5.51. The molecular formula is C19H28N4O3. The maximum Gasteiger partial charge on any atom is 0.317 e. The summed E-state index contributed by atoms with van der Waals surface area (Å²) >= 11 is 0. The highest BCUT2D eigenvalue weighted by Crippen LogP contribution is 2.24. The molecule has 1 aliphatic heterocycles. The molecule has 2 fully saturated rings. The van der Waals surface area contributed by atoms with Crippen molar-refractivity contribution in [1.82, 2.24) is 10.2 Å². The predicted octanol–water partition coefficient (Wildman–Crippen LogP) is 1.62. The van der Waals surface area contributed by atoms with Crippen LogP contribution in [0.3, 0.4) is 0 Å². The van der Waals surface area contributed by atoms with Crippen LogP contribution in [0.1, 0.15) is 31.2 Å². The van der Waals surface area contributed by atoms with Crippen LogP contribution in [0.5, 0.6) is 0 Å². The number of rotatable bonds is 4. The van der Waals surface area contributed by atoms with Crippen molar-refractivity contribution < 1.29 is 14.7 Å². The Hall–Kier alpha value is -2.28. The first kappa shape index (κ1) is 18.5. The Morgan fingerprint density at radius 1 is 1.04 bits per heavy atom. The summed E-state index contributed by atoms with van der Waals surface area (Å²) in [7, 11) is 0. The summed E-state index contributed by atoms with van der Waals surface area (Å²) < 4.78 is 0. The Labute approximate surface area is 154 Å². The maximum atomic E-state index is 12.5. The van der Waals surface area contributed by atoms with Gasteiger partial charge in [0.1, 0.15) is 0 Å². The lowest BCUT2D eigenvalue weighted by molar-refractivity contribution is -0.142. The number of nitrogens with one attached hydrogen (secondary N) is 1. The van der Waals surface area contributed by atoms with Crippen molar-refractivity contribution in [2.24, 2.45) is 11.7 Å². The number of anilines is 1. The lowest BCUT2D eigenvalue weighted by atomic mass is 9.86. The van der Waals surface area contributed by atoms with Crippen LogP contribution in [-0.2, 0) is 11.3 Å². The van der Waals surface area contributed by atoms with Gasteiger partial charge in [-0.2, -0.15) is 0 Å². The van der Waals surface area contributed by atoms with E-state index >= 15 is 0 Å². The summed E-state index contributed by atoms with van der Waals surface area (Å²) in [5, 5.41) is 12.1. The lowest BCUT2D eigenvalue weighted by Gasteiger charge is -2.37. The topological polar surface area (TPSA) is 98.9 Å². The summed E-state index contributed by atoms with van der Waals surface area (Å²) in [5.74, 6) is -0.970. The standard InChI is InChI=1S/C19H28N4O3/c20-13-14-1-7-17(8-2-14)22-9-11-23(12-10-22)19(26)21-16-5-3-15(4-6-16)18(24)25/h1-2,7-8,15-16H,3-6,9-13,20H2,(H,21,26)(H,24,25). The van der Waals surface area contributed by atoms with Crippen LogP contribution in [0, 0.1) is 5.92 Å². The Morgan fingerprint density at radius 2 is 1.65 bits per heavy atom. The number of carbonyl (C=O) groups excluding carboxylic acids is 1. The van der Waals surface area contributed by atoms with Crippen LogP contribution in [0.25, 0.3) is 0 Å². The smallest absolute Gasteiger partial charge is 0.317 e. The SMILES string of the molecule is NCc1ccc(N2CCN(C(=O)NC3CCC(C(=O)O)CC3)CC2)cc1. The van der Waals surface area contributed by atoms with Crippen molar-refractivity contribution in [3.05, 3.63) is 29.8 Å². The third kappa shape index (κ3) is 4.46. The fraction of sp³-hybridized carbons (Fsp3) is 0.579. The van der Waals surface area contributed by atoms with E-state index in [1.54, 1.807) is 0 Å². The van der Waals surface area contributed by atoms with Crippen LogP contribution < -0.4 is 16.0 Å². The Balaban J connectivity index is 1.44. The predicted molar refractivity (Wildman–Crippen MR) is 100 cm³/mol. The number of carbonyl (C=O) groups is 2. The highest BCUT2D eigenvalue weighted by atomic mass is 16.4. The van der Waals surface area contributed by atoms with E-state index < -0.39 is 5.97 Å². The largest absolute Gasteiger partial charge is 0.481 e. The first-order chi connectivity index (χ1) is 12.6. The van der Waals surface area contributed by atoms with Crippen LogP contribution >= 0.6 is 0 Å². The van der Waals surface area contributed by atoms with Gasteiger partial charge in [0.15, 0.2) is 0 Å². The summed E-state index contributed by atoms with van der Waals surface area (Å²) in [4.78, 5) is 27.6. The van der Waals surface area contributed by atoms with Crippen LogP contribution in [0.4, 0.5) is 10.5 Å². The monoisotopic (exact) mass is 360 g/mol. The molecule has 0 spiro atoms. The van der Waals surface area contributed by atoms with E-state index in [9.17, 15) is 9.59 Å². The number of nitrogens with zero attached hydrogens (tertiary/aromatic N) is 2. The molecule has 1 aromatic rings. The molecule has 7 heteroatoms. The molecule has 0 unspecified atom stereocenters. The number of nitrogens with two attached hydrogens (primary N) is 1. The molecule has 26 heavy (non-hydrogen) atoms. The van der Waals surface area contributed by atoms with Crippen molar-refractivity contribution in [3.8, 4) is 0 Å². The van der Waals surface area contributed by atoms with E-state index in [4.69, 9.17) is 10.8 Å². The van der Waals surface area contributed by atoms with Crippen molar-refractivity contribution in [1.29, 1.82) is 0 Å². The second kappa shape index (κ2) is 8.40. The molecule has 1 saturated carbocycles. The highest BCUT2D eigenvalue weighted by Gasteiger charge is 2.28. The lowest BCUT2D eigenvalue weighted by Crippen LogP contribution is -2.54. The zero-order valence-corrected chi connectivity index (χ0v) is 15.1. The van der Waals surface area contributed by atoms with E-state index in [0.717, 1.165) is 37.2 Å². The second-order valence-electron chi connectivity index (χ2n) is 7.18. The van der Waals surface area contributed by atoms with Gasteiger partial charge in [0.25, 0.3) is 0 Å². The number of carboxylic acids is 1. The third-order valence-electron chi connectivity index (χ3n) is 5.51. The normalized spacial score (nSPS) is 23.6. The average molecular weight is 360 g/mol. The summed E-state index contributed by atoms with van der Waals surface area (Å²) in [6, 6.07) is 8.32. The quantitative estimate of drug-likeness (QED) is 0.758. The summed E-state index contributed by atoms with van der Waals surface area (Å²) in [6.07, 6.45) is 2.78. The number of carboxylic acid groups (broad SMARTS) is 1. The Bertz CT molecular complexity index is 618. The van der Waals surface area contributed by atoms with E-state index in [2.05, 4.69) is 22.3 Å². The number of hydrogen-bond acceptors (Lipinski definition) is 4. The number of amides is 2. The number of urea groups is 1. The van der Waals surface area contributed by atoms with Crippen LogP contribution in [0.15, 0.2) is 24.3 Å². The zero-order valence-electron chi connectivity index (χ0n) is 15.1. The highest BCUT2D eigenvalue weighted by molar-refractivity contribution is 5.75. The van der Waals surface area contributed by atoms with Gasteiger partial charge in [-0.3, -0.25) is 4.79 Å². The number of aliphatic carboxylic acids is 1. The van der Waals surface area contributed by atoms with Gasteiger partial charge in [-0.05, 0) is 43.4 Å². The van der Waals surface area contributed by atoms with Gasteiger partial charge in [0.2, 0.25) is 0 Å². The zero-order chi connectivity index (χ0) is 18.5. The van der Waals surface area contributed by atoms with Gasteiger partial charge in [0, 0.05) is 44.5 Å². The second-order valence-corrected chi connectivity index (χ2v) is 7.18. The van der Waals surface area contributed by atoms with E-state index in [1.165, 1.54) is 0 Å². The van der Waals surface area contributed by atoms with Gasteiger partial charge in [-0.1, -0.05) is 12.1 Å². The van der Waals surface area contributed by atoms with E-state index in [0.29, 0.717) is 32.5 Å². The molecule has 2 amide bonds. The fourth-order valence-corrected chi connectivity index (χ4v) is 3.76. The van der Waals surface area contributed by atoms with Crippen molar-refractivity contribution in [2.75, 3.05) is 31.1 Å². The van der Waals surface area contributed by atoms with Gasteiger partial charge in [0.05, 0.1) is 5.92 Å². The molecule has 2 aliphatic rings. The summed E-state index contributed by atoms with van der Waals surface area (Å²) in [5.41, 5.74) is 7.91. The molecule has 1 heterocycles. The minimum atomic E-state index is -0.717. The molecule has 4 N–H and O–H groups in total. The van der Waals surface area contributed by atoms with Gasteiger partial charge < -0.3 is 26.0 Å². The van der Waals surface area contributed by atoms with Crippen LogP contribution in [0.2, 0.25) is 0 Å². The number of piperazine rings is 1. The van der Waals surface area contributed by atoms with E-state index in [-0.39, 0.29) is 18.0 Å². The molecule has 7 nitrogen and oxygen atoms in total. The minimum Gasteiger partial charge on any atom is -0.481 e. The molecule has 1 saturated heterocycles. The molecule has 0 aromatic heterocycles.